The van der Waals surface area contributed by atoms with Gasteiger partial charge < -0.3 is 41.4 Å². The Bertz CT molecular complexity index is 1820. The molecule has 0 bridgehead atoms. The molecule has 5 aromatic rings. The normalized spacial score (nSPS) is 12.4. The number of methoxy groups -OCH3 is 2. The fraction of sp³-hybridized carbons (Fsp3) is 0.459. The minimum atomic E-state index is -0.1000. The zero-order chi connectivity index (χ0) is 36.8. The van der Waals surface area contributed by atoms with Gasteiger partial charge in [0.25, 0.3) is 0 Å². The van der Waals surface area contributed by atoms with E-state index in [1.807, 2.05) is 36.4 Å². The number of aromatic nitrogens is 6. The fourth-order valence-corrected chi connectivity index (χ4v) is 5.28. The Morgan fingerprint density at radius 3 is 1.80 bits per heavy atom. The molecule has 0 radical (unpaired) electrons. The molecule has 0 saturated carbocycles. The maximum absolute atomic E-state index is 9.83. The molecule has 1 aromatic carbocycles. The number of nitrogens with two attached hydrogens (primary N) is 1. The summed E-state index contributed by atoms with van der Waals surface area (Å²) in [4.78, 5) is 26.3. The van der Waals surface area contributed by atoms with Crippen LogP contribution < -0.4 is 31.2 Å². The van der Waals surface area contributed by atoms with Crippen LogP contribution in [0.15, 0.2) is 54.9 Å². The smallest absolute Gasteiger partial charge is 0.225 e. The lowest BCUT2D eigenvalue weighted by molar-refractivity contribution is 0.263. The molecule has 0 aliphatic heterocycles. The molecule has 0 aliphatic rings. The number of aliphatic hydroxyl groups excluding tert-OH is 2. The van der Waals surface area contributed by atoms with Crippen molar-refractivity contribution in [2.24, 2.45) is 11.8 Å². The molecule has 7 N–H and O–H groups in total. The Labute approximate surface area is 299 Å². The van der Waals surface area contributed by atoms with Crippen molar-refractivity contribution in [1.82, 2.24) is 29.9 Å². The number of aliphatic hydroxyl groups is 2. The number of hydrogen-bond donors (Lipinski definition) is 6. The molecule has 5 rings (SSSR count). The molecular weight excluding hydrogens is 648 g/mol. The van der Waals surface area contributed by atoms with Crippen molar-refractivity contribution >= 4 is 45.6 Å². The molecule has 2 atom stereocenters. The first-order valence-corrected chi connectivity index (χ1v) is 17.3. The van der Waals surface area contributed by atoms with E-state index in [0.717, 1.165) is 48.3 Å². The summed E-state index contributed by atoms with van der Waals surface area (Å²) in [5.41, 5.74) is 9.44. The highest BCUT2D eigenvalue weighted by Gasteiger charge is 2.16. The summed E-state index contributed by atoms with van der Waals surface area (Å²) in [6.07, 6.45) is 7.16. The van der Waals surface area contributed by atoms with Crippen LogP contribution in [0.2, 0.25) is 0 Å². The maximum atomic E-state index is 9.83. The van der Waals surface area contributed by atoms with E-state index < -0.39 is 0 Å². The monoisotopic (exact) mass is 700 g/mol. The van der Waals surface area contributed by atoms with Crippen LogP contribution >= 0.6 is 0 Å². The van der Waals surface area contributed by atoms with Gasteiger partial charge in [-0.15, -0.1) is 0 Å². The molecular formula is C37H52N10O4. The standard InChI is InChI=1S/C23H31N5O3.C14H21N5O/c1-15(2)7-9-17(14-29)26-22-21-19(6-5-11-24-21)27-23(28-22)25-13-16-8-10-18(30-3)12-20(16)31-4;1-9(2)5-6-10(8-20)17-13-12-11(4-3-7-16-12)18-14(15)19-13/h5-6,8,10-12,15,17,29H,7,9,13-14H2,1-4H3,(H2,25,26,27,28);3-4,7,9-10,20H,5-6,8H2,1-2H3,(H3,15,17,18,19)/t17-;10-/m11/s1. The second-order valence-electron chi connectivity index (χ2n) is 13.1. The molecule has 4 aromatic heterocycles. The predicted octanol–water partition coefficient (Wildman–Crippen LogP) is 5.68. The number of ether oxygens (including phenoxy) is 2. The van der Waals surface area contributed by atoms with Crippen LogP contribution in [0, 0.1) is 11.8 Å². The van der Waals surface area contributed by atoms with E-state index >= 15 is 0 Å². The van der Waals surface area contributed by atoms with Crippen LogP contribution in [0.4, 0.5) is 23.5 Å². The van der Waals surface area contributed by atoms with Gasteiger partial charge in [0.2, 0.25) is 11.9 Å². The lowest BCUT2D eigenvalue weighted by atomic mass is 10.0. The highest BCUT2D eigenvalue weighted by molar-refractivity contribution is 5.86. The molecule has 0 saturated heterocycles. The number of pyridine rings is 2. The highest BCUT2D eigenvalue weighted by Crippen LogP contribution is 2.27. The van der Waals surface area contributed by atoms with Gasteiger partial charge in [-0.25, -0.2) is 9.97 Å². The SMILES string of the molecule is CC(C)CC[C@H](CO)Nc1nc(N)nc2cccnc12.COc1ccc(CNc2nc(N[C@@H](CO)CCC(C)C)c3ncccc3n2)c(OC)c1. The number of benzene rings is 1. The zero-order valence-corrected chi connectivity index (χ0v) is 30.4. The van der Waals surface area contributed by atoms with E-state index in [4.69, 9.17) is 15.2 Å². The number of hydrogen-bond acceptors (Lipinski definition) is 14. The molecule has 51 heavy (non-hydrogen) atoms. The molecule has 4 heterocycles. The first-order chi connectivity index (χ1) is 24.6. The van der Waals surface area contributed by atoms with Crippen molar-refractivity contribution in [3.63, 3.8) is 0 Å². The van der Waals surface area contributed by atoms with Gasteiger partial charge in [-0.3, -0.25) is 9.97 Å². The Kier molecular flexibility index (Phi) is 14.7. The Morgan fingerprint density at radius 1 is 0.706 bits per heavy atom. The zero-order valence-electron chi connectivity index (χ0n) is 30.4. The fourth-order valence-electron chi connectivity index (χ4n) is 5.28. The number of anilines is 4. The average Bonchev–Trinajstić information content (AvgIpc) is 3.13. The van der Waals surface area contributed by atoms with Crippen LogP contribution in [0.1, 0.15) is 58.9 Å². The summed E-state index contributed by atoms with van der Waals surface area (Å²) in [7, 11) is 3.25. The lowest BCUT2D eigenvalue weighted by Crippen LogP contribution is -2.25. The number of nitrogens with zero attached hydrogens (tertiary/aromatic N) is 6. The van der Waals surface area contributed by atoms with Crippen molar-refractivity contribution < 1.29 is 19.7 Å². The molecule has 0 spiro atoms. The quantitative estimate of drug-likeness (QED) is 0.0692. The Morgan fingerprint density at radius 2 is 1.27 bits per heavy atom. The summed E-state index contributed by atoms with van der Waals surface area (Å²) in [5, 5.41) is 29.2. The van der Waals surface area contributed by atoms with Crippen molar-refractivity contribution in [2.45, 2.75) is 72.0 Å². The molecule has 0 unspecified atom stereocenters. The molecule has 14 nitrogen and oxygen atoms in total. The third kappa shape index (κ3) is 11.5. The number of fused-ring (bicyclic) bond motifs is 2. The maximum Gasteiger partial charge on any atom is 0.225 e. The summed E-state index contributed by atoms with van der Waals surface area (Å²) >= 11 is 0. The first-order valence-electron chi connectivity index (χ1n) is 17.3. The van der Waals surface area contributed by atoms with Crippen molar-refractivity contribution in [1.29, 1.82) is 0 Å². The topological polar surface area (TPSA) is 198 Å². The summed E-state index contributed by atoms with van der Waals surface area (Å²) in [6.45, 7) is 9.22. The van der Waals surface area contributed by atoms with E-state index in [1.54, 1.807) is 32.7 Å². The van der Waals surface area contributed by atoms with Crippen LogP contribution in [0.25, 0.3) is 22.1 Å². The second-order valence-corrected chi connectivity index (χ2v) is 13.1. The first kappa shape index (κ1) is 38.7. The van der Waals surface area contributed by atoms with E-state index in [0.29, 0.717) is 52.5 Å². The van der Waals surface area contributed by atoms with E-state index in [-0.39, 0.29) is 31.2 Å². The number of rotatable bonds is 17. The molecule has 0 fully saturated rings. The lowest BCUT2D eigenvalue weighted by Gasteiger charge is -2.19. The van der Waals surface area contributed by atoms with E-state index in [2.05, 4.69) is 73.5 Å². The summed E-state index contributed by atoms with van der Waals surface area (Å²) in [6, 6.07) is 12.9. The average molecular weight is 701 g/mol. The van der Waals surface area contributed by atoms with Gasteiger partial charge in [0.05, 0.1) is 50.6 Å². The molecule has 0 aliphatic carbocycles. The second kappa shape index (κ2) is 19.3. The minimum Gasteiger partial charge on any atom is -0.497 e. The predicted molar refractivity (Wildman–Crippen MR) is 203 cm³/mol. The Hall–Kier alpha value is -5.08. The van der Waals surface area contributed by atoms with Crippen LogP contribution in [-0.4, -0.2) is 79.6 Å². The molecule has 0 amide bonds. The van der Waals surface area contributed by atoms with Gasteiger partial charge in [0.1, 0.15) is 22.5 Å². The number of nitrogens with one attached hydrogen (secondary N) is 3. The van der Waals surface area contributed by atoms with E-state index in [9.17, 15) is 10.2 Å². The molecule has 274 valence electrons. The summed E-state index contributed by atoms with van der Waals surface area (Å²) in [5.74, 6) is 4.48. The minimum absolute atomic E-state index is 0.0247. The third-order valence-corrected chi connectivity index (χ3v) is 8.17. The van der Waals surface area contributed by atoms with Gasteiger partial charge in [0, 0.05) is 30.6 Å². The highest BCUT2D eigenvalue weighted by atomic mass is 16.5. The van der Waals surface area contributed by atoms with Crippen molar-refractivity contribution in [3.05, 3.63) is 60.4 Å². The Balaban J connectivity index is 0.000000251. The van der Waals surface area contributed by atoms with Crippen LogP contribution in [-0.2, 0) is 6.54 Å². The molecule has 14 heteroatoms. The van der Waals surface area contributed by atoms with E-state index in [1.165, 1.54) is 0 Å². The van der Waals surface area contributed by atoms with Gasteiger partial charge in [-0.1, -0.05) is 27.7 Å². The van der Waals surface area contributed by atoms with Gasteiger partial charge >= 0.3 is 0 Å². The van der Waals surface area contributed by atoms with Crippen molar-refractivity contribution in [3.8, 4) is 11.5 Å². The van der Waals surface area contributed by atoms with Crippen LogP contribution in [0.5, 0.6) is 11.5 Å². The van der Waals surface area contributed by atoms with Crippen molar-refractivity contribution in [2.75, 3.05) is 49.1 Å². The summed E-state index contributed by atoms with van der Waals surface area (Å²) < 4.78 is 10.7. The van der Waals surface area contributed by atoms with Gasteiger partial charge in [0.15, 0.2) is 11.6 Å². The van der Waals surface area contributed by atoms with Gasteiger partial charge in [-0.05, 0) is 73.9 Å². The van der Waals surface area contributed by atoms with Crippen LogP contribution in [0.3, 0.4) is 0 Å². The largest absolute Gasteiger partial charge is 0.497 e. The third-order valence-electron chi connectivity index (χ3n) is 8.17. The number of nitrogen functional groups attached to an aromatic ring is 1. The van der Waals surface area contributed by atoms with Gasteiger partial charge in [-0.2, -0.15) is 9.97 Å².